The highest BCUT2D eigenvalue weighted by atomic mass is 19.3. The van der Waals surface area contributed by atoms with Crippen molar-refractivity contribution >= 4 is 5.69 Å². The molecule has 6 nitrogen and oxygen atoms in total. The highest BCUT2D eigenvalue weighted by Crippen LogP contribution is 2.21. The summed E-state index contributed by atoms with van der Waals surface area (Å²) in [7, 11) is 0. The van der Waals surface area contributed by atoms with E-state index >= 15 is 0 Å². The lowest BCUT2D eigenvalue weighted by Crippen LogP contribution is -2.16. The molecule has 1 aromatic heterocycles. The number of rotatable bonds is 3. The first-order valence-electron chi connectivity index (χ1n) is 3.77. The average molecular weight is 220 g/mol. The molecule has 0 aromatic carbocycles. The fourth-order valence-electron chi connectivity index (χ4n) is 1.04. The van der Waals surface area contributed by atoms with Crippen molar-refractivity contribution in [1.29, 1.82) is 0 Å². The normalized spacial score (nSPS) is 10.7. The van der Waals surface area contributed by atoms with E-state index in [-0.39, 0.29) is 5.56 Å². The van der Waals surface area contributed by atoms with Gasteiger partial charge in [0.15, 0.2) is 0 Å². The molecule has 1 aromatic rings. The van der Waals surface area contributed by atoms with E-state index in [9.17, 15) is 23.7 Å². The lowest BCUT2D eigenvalue weighted by molar-refractivity contribution is -0.386. The van der Waals surface area contributed by atoms with Gasteiger partial charge in [0.1, 0.15) is 0 Å². The van der Waals surface area contributed by atoms with Crippen LogP contribution in [0.5, 0.6) is 0 Å². The van der Waals surface area contributed by atoms with Crippen LogP contribution in [0.2, 0.25) is 0 Å². The smallest absolute Gasteiger partial charge is 0.334 e. The van der Waals surface area contributed by atoms with Gasteiger partial charge in [0, 0.05) is 11.6 Å². The summed E-state index contributed by atoms with van der Waals surface area (Å²) in [6.07, 6.45) is -3.00. The van der Waals surface area contributed by atoms with E-state index in [1.807, 2.05) is 0 Å². The molecule has 0 unspecified atom stereocenters. The van der Waals surface area contributed by atoms with Crippen molar-refractivity contribution in [2.24, 2.45) is 0 Å². The number of aliphatic hydroxyl groups excluding tert-OH is 1. The van der Waals surface area contributed by atoms with Gasteiger partial charge in [-0.1, -0.05) is 0 Å². The molecule has 0 aliphatic rings. The van der Waals surface area contributed by atoms with Crippen molar-refractivity contribution in [2.45, 2.75) is 13.0 Å². The number of hydrogen-bond acceptors (Lipinski definition) is 4. The minimum atomic E-state index is -3.00. The first-order chi connectivity index (χ1) is 6.97. The number of aromatic nitrogens is 1. The second-order valence-electron chi connectivity index (χ2n) is 2.64. The Balaban J connectivity index is 3.42. The van der Waals surface area contributed by atoms with Crippen LogP contribution < -0.4 is 5.56 Å². The predicted octanol–water partition coefficient (Wildman–Crippen LogP) is 0.713. The maximum absolute atomic E-state index is 12.3. The maximum atomic E-state index is 12.3. The highest BCUT2D eigenvalue weighted by molar-refractivity contribution is 5.34. The molecule has 1 heterocycles. The van der Waals surface area contributed by atoms with Gasteiger partial charge in [-0.05, 0) is 0 Å². The zero-order chi connectivity index (χ0) is 11.6. The van der Waals surface area contributed by atoms with Crippen LogP contribution in [0.25, 0.3) is 0 Å². The molecule has 0 radical (unpaired) electrons. The van der Waals surface area contributed by atoms with E-state index < -0.39 is 34.9 Å². The van der Waals surface area contributed by atoms with Crippen LogP contribution in [-0.4, -0.2) is 15.0 Å². The van der Waals surface area contributed by atoms with Crippen LogP contribution in [0.15, 0.2) is 10.9 Å². The zero-order valence-electron chi connectivity index (χ0n) is 7.24. The number of alkyl halides is 2. The quantitative estimate of drug-likeness (QED) is 0.579. The predicted molar refractivity (Wildman–Crippen MR) is 44.6 cm³/mol. The number of aromatic amines is 1. The van der Waals surface area contributed by atoms with E-state index in [0.717, 1.165) is 0 Å². The molecule has 0 aliphatic heterocycles. The summed E-state index contributed by atoms with van der Waals surface area (Å²) in [6, 6.07) is 0.639. The summed E-state index contributed by atoms with van der Waals surface area (Å²) in [6.45, 7) is -0.808. The average Bonchev–Trinajstić information content (AvgIpc) is 2.16. The number of halogens is 2. The van der Waals surface area contributed by atoms with E-state index in [2.05, 4.69) is 0 Å². The van der Waals surface area contributed by atoms with E-state index in [4.69, 9.17) is 5.11 Å². The minimum Gasteiger partial charge on any atom is -0.392 e. The molecule has 0 spiro atoms. The second kappa shape index (κ2) is 4.13. The first-order valence-corrected chi connectivity index (χ1v) is 3.77. The summed E-state index contributed by atoms with van der Waals surface area (Å²) >= 11 is 0. The molecular formula is C7H6F2N2O4. The van der Waals surface area contributed by atoms with Gasteiger partial charge in [0.2, 0.25) is 0 Å². The van der Waals surface area contributed by atoms with Crippen LogP contribution in [0, 0.1) is 10.1 Å². The number of aliphatic hydroxyl groups is 1. The third kappa shape index (κ3) is 2.15. The lowest BCUT2D eigenvalue weighted by atomic mass is 10.2. The molecule has 0 fully saturated rings. The van der Waals surface area contributed by atoms with E-state index in [1.165, 1.54) is 0 Å². The van der Waals surface area contributed by atoms with Crippen molar-refractivity contribution in [3.05, 3.63) is 37.8 Å². The third-order valence-corrected chi connectivity index (χ3v) is 1.72. The van der Waals surface area contributed by atoms with Crippen LogP contribution >= 0.6 is 0 Å². The second-order valence-corrected chi connectivity index (χ2v) is 2.64. The van der Waals surface area contributed by atoms with Gasteiger partial charge in [0.05, 0.1) is 17.2 Å². The van der Waals surface area contributed by atoms with E-state index in [1.54, 1.807) is 4.98 Å². The zero-order valence-corrected chi connectivity index (χ0v) is 7.24. The van der Waals surface area contributed by atoms with Gasteiger partial charge < -0.3 is 10.1 Å². The molecular weight excluding hydrogens is 214 g/mol. The van der Waals surface area contributed by atoms with Crippen molar-refractivity contribution in [2.75, 3.05) is 0 Å². The Labute approximate surface area is 81.3 Å². The Morgan fingerprint density at radius 1 is 1.60 bits per heavy atom. The topological polar surface area (TPSA) is 96.2 Å². The molecule has 15 heavy (non-hydrogen) atoms. The number of nitrogens with one attached hydrogen (secondary N) is 1. The summed E-state index contributed by atoms with van der Waals surface area (Å²) in [5, 5.41) is 19.0. The summed E-state index contributed by atoms with van der Waals surface area (Å²) in [5.74, 6) is 0. The Morgan fingerprint density at radius 3 is 2.60 bits per heavy atom. The van der Waals surface area contributed by atoms with Crippen molar-refractivity contribution in [3.63, 3.8) is 0 Å². The van der Waals surface area contributed by atoms with Crippen molar-refractivity contribution in [1.82, 2.24) is 4.98 Å². The Hall–Kier alpha value is -1.83. The molecule has 0 saturated carbocycles. The standard InChI is InChI=1S/C7H6F2N2O4/c8-6(9)5-3(2-12)1-4(11(14)15)7(13)10-5/h1,6,12H,2H2,(H,10,13). The van der Waals surface area contributed by atoms with Gasteiger partial charge >= 0.3 is 11.2 Å². The molecule has 1 rings (SSSR count). The molecule has 0 bridgehead atoms. The molecule has 8 heteroatoms. The third-order valence-electron chi connectivity index (χ3n) is 1.72. The number of pyridine rings is 1. The van der Waals surface area contributed by atoms with Crippen molar-refractivity contribution in [3.8, 4) is 0 Å². The molecule has 0 saturated heterocycles. The number of nitrogens with zero attached hydrogens (tertiary/aromatic N) is 1. The van der Waals surface area contributed by atoms with Crippen LogP contribution in [0.4, 0.5) is 14.5 Å². The molecule has 2 N–H and O–H groups in total. The van der Waals surface area contributed by atoms with Crippen LogP contribution in [0.3, 0.4) is 0 Å². The molecule has 0 aliphatic carbocycles. The molecule has 82 valence electrons. The van der Waals surface area contributed by atoms with Gasteiger partial charge in [-0.2, -0.15) is 0 Å². The maximum Gasteiger partial charge on any atom is 0.334 e. The number of nitro groups is 1. The largest absolute Gasteiger partial charge is 0.392 e. The first kappa shape index (κ1) is 11.2. The highest BCUT2D eigenvalue weighted by Gasteiger charge is 2.20. The van der Waals surface area contributed by atoms with Gasteiger partial charge in [-0.15, -0.1) is 0 Å². The molecule has 0 atom stereocenters. The van der Waals surface area contributed by atoms with Crippen LogP contribution in [0.1, 0.15) is 17.7 Å². The summed E-state index contributed by atoms with van der Waals surface area (Å²) < 4.78 is 24.6. The minimum absolute atomic E-state index is 0.365. The van der Waals surface area contributed by atoms with Crippen LogP contribution in [-0.2, 0) is 6.61 Å². The SMILES string of the molecule is O=c1[nH]c(C(F)F)c(CO)cc1[N+](=O)[O-]. The Morgan fingerprint density at radius 2 is 2.20 bits per heavy atom. The summed E-state index contributed by atoms with van der Waals surface area (Å²) in [5.41, 5.74) is -3.25. The van der Waals surface area contributed by atoms with Crippen molar-refractivity contribution < 1.29 is 18.8 Å². The molecule has 0 amide bonds. The number of hydrogen-bond donors (Lipinski definition) is 2. The van der Waals surface area contributed by atoms with Gasteiger partial charge in [-0.25, -0.2) is 8.78 Å². The monoisotopic (exact) mass is 220 g/mol. The van der Waals surface area contributed by atoms with Gasteiger partial charge in [-0.3, -0.25) is 14.9 Å². The number of H-pyrrole nitrogens is 1. The van der Waals surface area contributed by atoms with E-state index in [0.29, 0.717) is 6.07 Å². The fraction of sp³-hybridized carbons (Fsp3) is 0.286. The van der Waals surface area contributed by atoms with Gasteiger partial charge in [0.25, 0.3) is 6.43 Å². The Bertz CT molecular complexity index is 443. The Kier molecular flexibility index (Phi) is 3.10. The fourth-order valence-corrected chi connectivity index (χ4v) is 1.04. The summed E-state index contributed by atoms with van der Waals surface area (Å²) in [4.78, 5) is 21.9. The lowest BCUT2D eigenvalue weighted by Gasteiger charge is -2.04.